The van der Waals surface area contributed by atoms with E-state index in [0.29, 0.717) is 0 Å². The van der Waals surface area contributed by atoms with Gasteiger partial charge in [0.1, 0.15) is 0 Å². The van der Waals surface area contributed by atoms with E-state index in [1.807, 2.05) is 55.2 Å². The smallest absolute Gasteiger partial charge is 0.150 e. The number of fused-ring (bicyclic) bond motifs is 1. The number of benzene rings is 2. The average molecular weight is 343 g/mol. The van der Waals surface area contributed by atoms with Crippen LogP contribution in [0.3, 0.4) is 0 Å². The number of rotatable bonds is 5. The molecule has 0 spiro atoms. The second kappa shape index (κ2) is 6.96. The maximum absolute atomic E-state index is 4.78. The number of aryl methyl sites for hydroxylation is 1. The Balaban J connectivity index is 1.51. The summed E-state index contributed by atoms with van der Waals surface area (Å²) in [6.07, 6.45) is 4.01. The highest BCUT2D eigenvalue weighted by Crippen LogP contribution is 2.20. The van der Waals surface area contributed by atoms with Crippen molar-refractivity contribution in [2.45, 2.75) is 20.0 Å². The second-order valence-electron chi connectivity index (χ2n) is 6.51. The topological polar surface area (TPSA) is 46.8 Å². The van der Waals surface area contributed by atoms with Crippen LogP contribution in [0.4, 0.5) is 5.82 Å². The van der Waals surface area contributed by atoms with Gasteiger partial charge in [0.15, 0.2) is 5.82 Å². The minimum atomic E-state index is 0.739. The molecule has 2 aromatic heterocycles. The summed E-state index contributed by atoms with van der Waals surface area (Å²) < 4.78 is 1.97. The fraction of sp³-hybridized carbons (Fsp3) is 0.190. The summed E-state index contributed by atoms with van der Waals surface area (Å²) in [5.41, 5.74) is 5.17. The zero-order valence-electron chi connectivity index (χ0n) is 15.0. The maximum atomic E-state index is 4.78. The fourth-order valence-electron chi connectivity index (χ4n) is 3.13. The largest absolute Gasteiger partial charge is 0.354 e. The first-order chi connectivity index (χ1) is 12.7. The lowest BCUT2D eigenvalue weighted by Crippen LogP contribution is -2.19. The standard InChI is InChI=1S/C21H21N5/c1-16-21(24-20-11-7-6-10-19(20)23-16)25(2)13-18-12-22-26(15-18)14-17-8-4-3-5-9-17/h3-12,15H,13-14H2,1-2H3. The summed E-state index contributed by atoms with van der Waals surface area (Å²) in [5, 5.41) is 4.48. The molecule has 2 aromatic carbocycles. The van der Waals surface area contributed by atoms with Gasteiger partial charge in [0, 0.05) is 25.4 Å². The predicted molar refractivity (Wildman–Crippen MR) is 104 cm³/mol. The van der Waals surface area contributed by atoms with Crippen molar-refractivity contribution in [3.8, 4) is 0 Å². The van der Waals surface area contributed by atoms with Crippen molar-refractivity contribution < 1.29 is 0 Å². The molecule has 0 radical (unpaired) electrons. The monoisotopic (exact) mass is 343 g/mol. The van der Waals surface area contributed by atoms with Gasteiger partial charge in [-0.1, -0.05) is 42.5 Å². The minimum absolute atomic E-state index is 0.739. The van der Waals surface area contributed by atoms with Crippen molar-refractivity contribution >= 4 is 16.9 Å². The molecule has 0 aliphatic heterocycles. The van der Waals surface area contributed by atoms with E-state index in [1.54, 1.807) is 0 Å². The SMILES string of the molecule is Cc1nc2ccccc2nc1N(C)Cc1cnn(Cc2ccccc2)c1. The number of hydrogen-bond donors (Lipinski definition) is 0. The van der Waals surface area contributed by atoms with Crippen LogP contribution >= 0.6 is 0 Å². The molecule has 0 unspecified atom stereocenters. The van der Waals surface area contributed by atoms with Crippen LogP contribution in [0.1, 0.15) is 16.8 Å². The molecule has 0 bridgehead atoms. The van der Waals surface area contributed by atoms with Crippen molar-refractivity contribution in [2.75, 3.05) is 11.9 Å². The van der Waals surface area contributed by atoms with Gasteiger partial charge in [-0.05, 0) is 24.6 Å². The molecule has 0 fully saturated rings. The van der Waals surface area contributed by atoms with Crippen molar-refractivity contribution in [1.82, 2.24) is 19.7 Å². The zero-order chi connectivity index (χ0) is 17.9. The highest BCUT2D eigenvalue weighted by atomic mass is 15.3. The first-order valence-corrected chi connectivity index (χ1v) is 8.69. The van der Waals surface area contributed by atoms with Gasteiger partial charge in [0.25, 0.3) is 0 Å². The Morgan fingerprint density at radius 3 is 2.35 bits per heavy atom. The third-order valence-electron chi connectivity index (χ3n) is 4.38. The van der Waals surface area contributed by atoms with Crippen LogP contribution in [-0.2, 0) is 13.1 Å². The van der Waals surface area contributed by atoms with Gasteiger partial charge in [-0.3, -0.25) is 4.68 Å². The summed E-state index contributed by atoms with van der Waals surface area (Å²) in [5.74, 6) is 0.902. The fourth-order valence-corrected chi connectivity index (χ4v) is 3.13. The Morgan fingerprint density at radius 2 is 1.58 bits per heavy atom. The van der Waals surface area contributed by atoms with Gasteiger partial charge in [-0.15, -0.1) is 0 Å². The van der Waals surface area contributed by atoms with Gasteiger partial charge in [-0.25, -0.2) is 9.97 Å². The normalized spacial score (nSPS) is 11.0. The molecular weight excluding hydrogens is 322 g/mol. The lowest BCUT2D eigenvalue weighted by Gasteiger charge is -2.19. The zero-order valence-corrected chi connectivity index (χ0v) is 15.0. The van der Waals surface area contributed by atoms with E-state index in [1.165, 1.54) is 5.56 Å². The number of nitrogens with zero attached hydrogens (tertiary/aromatic N) is 5. The van der Waals surface area contributed by atoms with E-state index < -0.39 is 0 Å². The number of para-hydroxylation sites is 2. The molecule has 26 heavy (non-hydrogen) atoms. The quantitative estimate of drug-likeness (QED) is 0.553. The molecule has 0 saturated carbocycles. The Kier molecular flexibility index (Phi) is 4.35. The second-order valence-corrected chi connectivity index (χ2v) is 6.51. The number of anilines is 1. The summed E-state index contributed by atoms with van der Waals surface area (Å²) >= 11 is 0. The molecule has 0 aliphatic rings. The molecule has 0 saturated heterocycles. The van der Waals surface area contributed by atoms with Crippen LogP contribution in [0, 0.1) is 6.92 Å². The van der Waals surface area contributed by atoms with Gasteiger partial charge >= 0.3 is 0 Å². The molecule has 0 atom stereocenters. The molecule has 130 valence electrons. The van der Waals surface area contributed by atoms with E-state index in [-0.39, 0.29) is 0 Å². The predicted octanol–water partition coefficient (Wildman–Crippen LogP) is 3.82. The molecule has 4 aromatic rings. The van der Waals surface area contributed by atoms with Crippen LogP contribution in [0.2, 0.25) is 0 Å². The first kappa shape index (κ1) is 16.3. The van der Waals surface area contributed by atoms with E-state index in [0.717, 1.165) is 41.2 Å². The number of aromatic nitrogens is 4. The molecule has 5 heteroatoms. The lowest BCUT2D eigenvalue weighted by atomic mass is 10.2. The van der Waals surface area contributed by atoms with Crippen LogP contribution in [-0.4, -0.2) is 26.8 Å². The average Bonchev–Trinajstić information content (AvgIpc) is 3.08. The van der Waals surface area contributed by atoms with E-state index in [9.17, 15) is 0 Å². The molecule has 0 aliphatic carbocycles. The van der Waals surface area contributed by atoms with Crippen LogP contribution < -0.4 is 4.90 Å². The van der Waals surface area contributed by atoms with E-state index >= 15 is 0 Å². The van der Waals surface area contributed by atoms with Crippen LogP contribution in [0.5, 0.6) is 0 Å². The van der Waals surface area contributed by atoms with Gasteiger partial charge in [0.05, 0.1) is 29.5 Å². The van der Waals surface area contributed by atoms with Gasteiger partial charge in [-0.2, -0.15) is 5.10 Å². The lowest BCUT2D eigenvalue weighted by molar-refractivity contribution is 0.686. The summed E-state index contributed by atoms with van der Waals surface area (Å²) in [4.78, 5) is 11.6. The van der Waals surface area contributed by atoms with Crippen molar-refractivity contribution in [2.24, 2.45) is 0 Å². The molecule has 4 rings (SSSR count). The van der Waals surface area contributed by atoms with Crippen LogP contribution in [0.25, 0.3) is 11.0 Å². The van der Waals surface area contributed by atoms with Crippen LogP contribution in [0.15, 0.2) is 67.0 Å². The molecule has 2 heterocycles. The summed E-state index contributed by atoms with van der Waals surface area (Å²) in [7, 11) is 2.04. The minimum Gasteiger partial charge on any atom is -0.354 e. The van der Waals surface area contributed by atoms with Gasteiger partial charge in [0.2, 0.25) is 0 Å². The number of hydrogen-bond acceptors (Lipinski definition) is 4. The van der Waals surface area contributed by atoms with Crippen molar-refractivity contribution in [3.05, 3.63) is 83.8 Å². The summed E-state index contributed by atoms with van der Waals surface area (Å²) in [6.45, 7) is 3.52. The van der Waals surface area contributed by atoms with E-state index in [4.69, 9.17) is 4.98 Å². The molecule has 5 nitrogen and oxygen atoms in total. The first-order valence-electron chi connectivity index (χ1n) is 8.69. The van der Waals surface area contributed by atoms with Crippen molar-refractivity contribution in [1.29, 1.82) is 0 Å². The third-order valence-corrected chi connectivity index (χ3v) is 4.38. The summed E-state index contributed by atoms with van der Waals surface area (Å²) in [6, 6.07) is 18.3. The Hall–Kier alpha value is -3.21. The molecular formula is C21H21N5. The highest BCUT2D eigenvalue weighted by molar-refractivity contribution is 5.76. The Bertz CT molecular complexity index is 1020. The van der Waals surface area contributed by atoms with Crippen molar-refractivity contribution in [3.63, 3.8) is 0 Å². The molecule has 0 amide bonds. The Morgan fingerprint density at radius 1 is 0.885 bits per heavy atom. The van der Waals surface area contributed by atoms with E-state index in [2.05, 4.69) is 45.4 Å². The Labute approximate surface area is 152 Å². The maximum Gasteiger partial charge on any atom is 0.150 e. The third kappa shape index (κ3) is 3.42. The highest BCUT2D eigenvalue weighted by Gasteiger charge is 2.11. The molecule has 0 N–H and O–H groups in total. The van der Waals surface area contributed by atoms with Gasteiger partial charge < -0.3 is 4.90 Å².